The Morgan fingerprint density at radius 3 is 2.71 bits per heavy atom. The van der Waals surface area contributed by atoms with Crippen LogP contribution in [0.5, 0.6) is 5.75 Å². The molecule has 78 valence electrons. The van der Waals surface area contributed by atoms with E-state index in [1.54, 1.807) is 0 Å². The van der Waals surface area contributed by atoms with Crippen molar-refractivity contribution in [2.45, 2.75) is 25.7 Å². The lowest BCUT2D eigenvalue weighted by molar-refractivity contribution is 0.407. The summed E-state index contributed by atoms with van der Waals surface area (Å²) in [6.45, 7) is 3.91. The molecule has 14 heavy (non-hydrogen) atoms. The molecule has 0 spiro atoms. The maximum Gasteiger partial charge on any atom is 0.338 e. The fourth-order valence-electron chi connectivity index (χ4n) is 1.30. The van der Waals surface area contributed by atoms with Gasteiger partial charge >= 0.3 is 5.75 Å². The number of hydrogen-bond acceptors (Lipinski definition) is 3. The molecule has 0 saturated carbocycles. The zero-order valence-electron chi connectivity index (χ0n) is 8.33. The van der Waals surface area contributed by atoms with Crippen LogP contribution in [0.1, 0.15) is 25.8 Å². The topological polar surface area (TPSA) is 53.1 Å². The van der Waals surface area contributed by atoms with Gasteiger partial charge in [0.2, 0.25) is 0 Å². The smallest absolute Gasteiger partial charge is 0.338 e. The van der Waals surface area contributed by atoms with E-state index < -0.39 is 0 Å². The Kier molecular flexibility index (Phi) is 3.26. The Morgan fingerprint density at radius 2 is 2.14 bits per heavy atom. The summed E-state index contributed by atoms with van der Waals surface area (Å²) in [4.78, 5) is 11.6. The first-order chi connectivity index (χ1) is 6.49. The molecule has 0 unspecified atom stereocenters. The van der Waals surface area contributed by atoms with E-state index in [4.69, 9.17) is 9.52 Å². The minimum atomic E-state index is -0.278. The summed E-state index contributed by atoms with van der Waals surface area (Å²) in [6, 6.07) is 0. The summed E-state index contributed by atoms with van der Waals surface area (Å²) in [5, 5.41) is 7.35. The van der Waals surface area contributed by atoms with Gasteiger partial charge in [0.25, 0.3) is 5.43 Å². The lowest BCUT2D eigenvalue weighted by Crippen LogP contribution is -2.25. The molecular weight excluding hydrogens is 200 g/mol. The van der Waals surface area contributed by atoms with Gasteiger partial charge in [0.15, 0.2) is 6.26 Å². The first kappa shape index (κ1) is 11.2. The van der Waals surface area contributed by atoms with Crippen molar-refractivity contribution in [1.82, 2.24) is 0 Å². The monoisotopic (exact) mass is 215 g/mol. The Balaban J connectivity index is 3.19. The van der Waals surface area contributed by atoms with E-state index in [1.807, 2.05) is 13.8 Å². The van der Waals surface area contributed by atoms with Crippen molar-refractivity contribution in [3.63, 3.8) is 0 Å². The normalized spacial score (nSPS) is 11.6. The van der Waals surface area contributed by atoms with Gasteiger partial charge in [-0.2, -0.15) is 12.6 Å². The maximum absolute atomic E-state index is 11.6. The summed E-state index contributed by atoms with van der Waals surface area (Å²) < 4.78 is 4.94. The summed E-state index contributed by atoms with van der Waals surface area (Å²) >= 11 is 4.14. The molecule has 0 radical (unpaired) electrons. The van der Waals surface area contributed by atoms with Crippen LogP contribution in [0.4, 0.5) is 0 Å². The molecule has 0 aliphatic carbocycles. The Morgan fingerprint density at radius 1 is 1.50 bits per heavy atom. The quantitative estimate of drug-likeness (QED) is 0.616. The third-order valence-corrected chi connectivity index (χ3v) is 2.55. The van der Waals surface area contributed by atoms with E-state index in [0.717, 1.165) is 12.7 Å². The predicted octanol–water partition coefficient (Wildman–Crippen LogP) is 1.68. The maximum atomic E-state index is 11.6. The van der Waals surface area contributed by atoms with Gasteiger partial charge in [-0.05, 0) is 17.6 Å². The van der Waals surface area contributed by atoms with Crippen LogP contribution in [0.25, 0.3) is 0 Å². The first-order valence-electron chi connectivity index (χ1n) is 4.42. The average molecular weight is 215 g/mol. The number of hydrogen-bond donors (Lipinski definition) is 1. The SMILES string of the molecule is CC(C)(CCS)c1cocc([OH2+])c1=O. The molecule has 1 aromatic heterocycles. The van der Waals surface area contributed by atoms with E-state index in [-0.39, 0.29) is 16.6 Å². The first-order valence-corrected chi connectivity index (χ1v) is 5.06. The molecular formula is C10H15O3S+. The molecule has 0 amide bonds. The standard InChI is InChI=1S/C10H14O3S/c1-10(2,3-4-14)7-5-13-6-8(11)9(7)12/h5-6,11,14H,3-4H2,1-2H3/p+1. The summed E-state index contributed by atoms with van der Waals surface area (Å²) in [6.07, 6.45) is 3.37. The Labute approximate surface area is 88.2 Å². The molecule has 0 atom stereocenters. The van der Waals surface area contributed by atoms with Crippen LogP contribution in [-0.2, 0) is 5.41 Å². The highest BCUT2D eigenvalue weighted by Crippen LogP contribution is 2.25. The zero-order valence-corrected chi connectivity index (χ0v) is 9.23. The summed E-state index contributed by atoms with van der Waals surface area (Å²) in [5.74, 6) is 0.615. The van der Waals surface area contributed by atoms with Gasteiger partial charge < -0.3 is 9.52 Å². The van der Waals surface area contributed by atoms with Gasteiger partial charge in [0.05, 0.1) is 11.8 Å². The van der Waals surface area contributed by atoms with Crippen LogP contribution in [0.2, 0.25) is 0 Å². The number of thiol groups is 1. The van der Waals surface area contributed by atoms with Gasteiger partial charge in [0.1, 0.15) is 0 Å². The van der Waals surface area contributed by atoms with Crippen molar-refractivity contribution in [1.29, 1.82) is 0 Å². The van der Waals surface area contributed by atoms with Crippen molar-refractivity contribution in [3.05, 3.63) is 28.3 Å². The van der Waals surface area contributed by atoms with Gasteiger partial charge in [-0.1, -0.05) is 13.8 Å². The van der Waals surface area contributed by atoms with Crippen molar-refractivity contribution in [2.24, 2.45) is 0 Å². The molecule has 0 saturated heterocycles. The van der Waals surface area contributed by atoms with Crippen molar-refractivity contribution >= 4 is 12.6 Å². The van der Waals surface area contributed by atoms with Crippen LogP contribution in [0, 0.1) is 0 Å². The van der Waals surface area contributed by atoms with Crippen LogP contribution in [-0.4, -0.2) is 10.9 Å². The number of rotatable bonds is 3. The minimum Gasteiger partial charge on any atom is -0.588 e. The van der Waals surface area contributed by atoms with Crippen LogP contribution in [0.15, 0.2) is 21.7 Å². The van der Waals surface area contributed by atoms with Gasteiger partial charge in [-0.25, -0.2) is 0 Å². The molecule has 1 aromatic rings. The lowest BCUT2D eigenvalue weighted by atomic mass is 9.83. The molecule has 1 heterocycles. The average Bonchev–Trinajstić information content (AvgIpc) is 2.09. The molecule has 0 fully saturated rings. The predicted molar refractivity (Wildman–Crippen MR) is 59.5 cm³/mol. The van der Waals surface area contributed by atoms with Crippen molar-refractivity contribution < 1.29 is 9.52 Å². The molecule has 4 heteroatoms. The fraction of sp³-hybridized carbons (Fsp3) is 0.500. The lowest BCUT2D eigenvalue weighted by Gasteiger charge is -2.21. The second-order valence-electron chi connectivity index (χ2n) is 3.89. The largest absolute Gasteiger partial charge is 0.588 e. The van der Waals surface area contributed by atoms with E-state index in [9.17, 15) is 4.79 Å². The molecule has 3 nitrogen and oxygen atoms in total. The summed E-state index contributed by atoms with van der Waals surface area (Å²) in [7, 11) is 0. The Bertz CT molecular complexity index is 368. The third-order valence-electron chi connectivity index (χ3n) is 2.33. The molecule has 1 rings (SSSR count). The fourth-order valence-corrected chi connectivity index (χ4v) is 1.86. The van der Waals surface area contributed by atoms with Crippen molar-refractivity contribution in [2.75, 3.05) is 5.75 Å². The highest BCUT2D eigenvalue weighted by Gasteiger charge is 2.25. The highest BCUT2D eigenvalue weighted by molar-refractivity contribution is 7.80. The van der Waals surface area contributed by atoms with E-state index >= 15 is 0 Å². The second kappa shape index (κ2) is 4.09. The zero-order chi connectivity index (χ0) is 10.8. The van der Waals surface area contributed by atoms with E-state index in [2.05, 4.69) is 12.6 Å². The van der Waals surface area contributed by atoms with Crippen LogP contribution >= 0.6 is 12.6 Å². The van der Waals surface area contributed by atoms with Gasteiger partial charge in [-0.15, -0.1) is 0 Å². The molecule has 0 aliphatic rings. The van der Waals surface area contributed by atoms with E-state index in [1.165, 1.54) is 6.26 Å². The minimum absolute atomic E-state index is 0.0882. The molecule has 0 aliphatic heterocycles. The highest BCUT2D eigenvalue weighted by atomic mass is 32.1. The summed E-state index contributed by atoms with van der Waals surface area (Å²) in [5.41, 5.74) is 0.0291. The van der Waals surface area contributed by atoms with Crippen LogP contribution in [0.3, 0.4) is 0 Å². The second-order valence-corrected chi connectivity index (χ2v) is 4.33. The molecule has 2 N–H and O–H groups in total. The molecule has 0 aromatic carbocycles. The van der Waals surface area contributed by atoms with Crippen LogP contribution < -0.4 is 5.43 Å². The third kappa shape index (κ3) is 2.12. The van der Waals surface area contributed by atoms with Gasteiger partial charge in [-0.3, -0.25) is 4.79 Å². The Hall–Kier alpha value is -0.900. The van der Waals surface area contributed by atoms with E-state index in [0.29, 0.717) is 11.3 Å². The van der Waals surface area contributed by atoms with Crippen molar-refractivity contribution in [3.8, 4) is 5.75 Å². The van der Waals surface area contributed by atoms with Gasteiger partial charge in [0, 0.05) is 0 Å². The molecule has 0 bridgehead atoms.